The van der Waals surface area contributed by atoms with Gasteiger partial charge in [-0.05, 0) is 29.7 Å². The average Bonchev–Trinajstić information content (AvgIpc) is 2.28. The Labute approximate surface area is 107 Å². The molecule has 0 saturated carbocycles. The van der Waals surface area contributed by atoms with Crippen LogP contribution in [0.5, 0.6) is 5.75 Å². The second-order valence-corrected chi connectivity index (χ2v) is 4.90. The van der Waals surface area contributed by atoms with E-state index < -0.39 is 12.2 Å². The monoisotopic (exact) mass is 258 g/mol. The van der Waals surface area contributed by atoms with Crippen LogP contribution in [0.15, 0.2) is 18.2 Å². The minimum Gasteiger partial charge on any atom is -0.496 e. The molecule has 0 amide bonds. The zero-order chi connectivity index (χ0) is 13.0. The number of aliphatic hydroxyl groups is 2. The first kappa shape index (κ1) is 14.3. The lowest BCUT2D eigenvalue weighted by molar-refractivity contribution is -0.00754. The van der Waals surface area contributed by atoms with Crippen LogP contribution in [0.4, 0.5) is 0 Å². The van der Waals surface area contributed by atoms with Gasteiger partial charge in [-0.2, -0.15) is 0 Å². The van der Waals surface area contributed by atoms with Crippen molar-refractivity contribution in [3.63, 3.8) is 0 Å². The van der Waals surface area contributed by atoms with Crippen molar-refractivity contribution >= 4 is 11.6 Å². The van der Waals surface area contributed by atoms with E-state index in [0.717, 1.165) is 5.56 Å². The maximum Gasteiger partial charge on any atom is 0.122 e. The molecule has 1 rings (SSSR count). The molecule has 0 saturated heterocycles. The Bertz CT molecular complexity index is 366. The summed E-state index contributed by atoms with van der Waals surface area (Å²) in [6.07, 6.45) is -1.25. The fraction of sp³-hybridized carbons (Fsp3) is 0.538. The molecule has 0 aliphatic carbocycles. The summed E-state index contributed by atoms with van der Waals surface area (Å²) in [6, 6.07) is 5.23. The van der Waals surface area contributed by atoms with Crippen LogP contribution in [0.1, 0.15) is 19.4 Å². The summed E-state index contributed by atoms with van der Waals surface area (Å²) in [6.45, 7) is 3.73. The maximum absolute atomic E-state index is 9.90. The normalized spacial score (nSPS) is 14.8. The van der Waals surface area contributed by atoms with Gasteiger partial charge in [-0.25, -0.2) is 0 Å². The molecule has 2 atom stereocenters. The molecule has 0 fully saturated rings. The zero-order valence-corrected chi connectivity index (χ0v) is 11.1. The van der Waals surface area contributed by atoms with E-state index in [0.29, 0.717) is 17.2 Å². The Morgan fingerprint density at radius 1 is 1.29 bits per heavy atom. The lowest BCUT2D eigenvalue weighted by Gasteiger charge is -2.21. The van der Waals surface area contributed by atoms with E-state index in [4.69, 9.17) is 16.3 Å². The minimum absolute atomic E-state index is 0.00943. The Hall–Kier alpha value is -0.770. The SMILES string of the molecule is COc1ccc(Cl)cc1CC(O)C(O)C(C)C. The van der Waals surface area contributed by atoms with E-state index in [1.807, 2.05) is 13.8 Å². The molecule has 0 bridgehead atoms. The molecular formula is C13H19ClO3. The Balaban J connectivity index is 2.83. The smallest absolute Gasteiger partial charge is 0.122 e. The number of hydrogen-bond acceptors (Lipinski definition) is 3. The van der Waals surface area contributed by atoms with Gasteiger partial charge < -0.3 is 14.9 Å². The highest BCUT2D eigenvalue weighted by Crippen LogP contribution is 2.25. The second kappa shape index (κ2) is 6.24. The van der Waals surface area contributed by atoms with Gasteiger partial charge in [0.2, 0.25) is 0 Å². The number of aliphatic hydroxyl groups excluding tert-OH is 2. The third-order valence-corrected chi connectivity index (χ3v) is 2.98. The van der Waals surface area contributed by atoms with Gasteiger partial charge in [0.15, 0.2) is 0 Å². The van der Waals surface area contributed by atoms with Gasteiger partial charge in [-0.3, -0.25) is 0 Å². The van der Waals surface area contributed by atoms with Crippen molar-refractivity contribution in [2.45, 2.75) is 32.5 Å². The Kier molecular flexibility index (Phi) is 5.25. The van der Waals surface area contributed by atoms with Gasteiger partial charge >= 0.3 is 0 Å². The highest BCUT2D eigenvalue weighted by Gasteiger charge is 2.21. The van der Waals surface area contributed by atoms with Crippen LogP contribution in [0, 0.1) is 5.92 Å². The molecule has 2 unspecified atom stereocenters. The van der Waals surface area contributed by atoms with Gasteiger partial charge in [0, 0.05) is 11.4 Å². The molecule has 1 aromatic rings. The largest absolute Gasteiger partial charge is 0.496 e. The van der Waals surface area contributed by atoms with Crippen LogP contribution in [0.3, 0.4) is 0 Å². The molecule has 96 valence electrons. The summed E-state index contributed by atoms with van der Waals surface area (Å²) in [7, 11) is 1.57. The Morgan fingerprint density at radius 3 is 2.47 bits per heavy atom. The topological polar surface area (TPSA) is 49.7 Å². The second-order valence-electron chi connectivity index (χ2n) is 4.46. The number of methoxy groups -OCH3 is 1. The minimum atomic E-state index is -0.817. The Morgan fingerprint density at radius 2 is 1.94 bits per heavy atom. The summed E-state index contributed by atoms with van der Waals surface area (Å²) in [4.78, 5) is 0. The lowest BCUT2D eigenvalue weighted by atomic mass is 9.96. The van der Waals surface area contributed by atoms with Crippen molar-refractivity contribution < 1.29 is 14.9 Å². The van der Waals surface area contributed by atoms with Crippen LogP contribution in [-0.4, -0.2) is 29.5 Å². The first-order valence-electron chi connectivity index (χ1n) is 5.64. The van der Waals surface area contributed by atoms with E-state index in [2.05, 4.69) is 0 Å². The highest BCUT2D eigenvalue weighted by atomic mass is 35.5. The molecule has 0 heterocycles. The molecule has 0 radical (unpaired) electrons. The summed E-state index contributed by atoms with van der Waals surface area (Å²) < 4.78 is 5.19. The highest BCUT2D eigenvalue weighted by molar-refractivity contribution is 6.30. The van der Waals surface area contributed by atoms with Crippen LogP contribution in [0.2, 0.25) is 5.02 Å². The van der Waals surface area contributed by atoms with Crippen molar-refractivity contribution in [3.05, 3.63) is 28.8 Å². The van der Waals surface area contributed by atoms with E-state index >= 15 is 0 Å². The summed E-state index contributed by atoms with van der Waals surface area (Å²) in [5, 5.41) is 20.3. The molecule has 0 spiro atoms. The predicted octanol–water partition coefficient (Wildman–Crippen LogP) is 2.27. The third-order valence-electron chi connectivity index (χ3n) is 2.75. The number of hydrogen-bond donors (Lipinski definition) is 2. The first-order chi connectivity index (χ1) is 7.95. The quantitative estimate of drug-likeness (QED) is 0.852. The number of halogens is 1. The van der Waals surface area contributed by atoms with E-state index in [9.17, 15) is 10.2 Å². The van der Waals surface area contributed by atoms with Gasteiger partial charge in [-0.15, -0.1) is 0 Å². The van der Waals surface area contributed by atoms with Gasteiger partial charge in [0.1, 0.15) is 5.75 Å². The molecule has 3 nitrogen and oxygen atoms in total. The standard InChI is InChI=1S/C13H19ClO3/c1-8(2)13(16)11(15)7-9-6-10(14)4-5-12(9)17-3/h4-6,8,11,13,15-16H,7H2,1-3H3. The van der Waals surface area contributed by atoms with Crippen molar-refractivity contribution in [2.24, 2.45) is 5.92 Å². The molecule has 4 heteroatoms. The first-order valence-corrected chi connectivity index (χ1v) is 6.02. The fourth-order valence-electron chi connectivity index (χ4n) is 1.70. The van der Waals surface area contributed by atoms with Gasteiger partial charge in [0.05, 0.1) is 19.3 Å². The van der Waals surface area contributed by atoms with Crippen LogP contribution in [0.25, 0.3) is 0 Å². The molecule has 0 aromatic heterocycles. The van der Waals surface area contributed by atoms with Crippen molar-refractivity contribution in [1.82, 2.24) is 0 Å². The fourth-order valence-corrected chi connectivity index (χ4v) is 1.89. The number of rotatable bonds is 5. The molecule has 1 aromatic carbocycles. The van der Waals surface area contributed by atoms with Crippen LogP contribution < -0.4 is 4.74 Å². The van der Waals surface area contributed by atoms with Crippen molar-refractivity contribution in [2.75, 3.05) is 7.11 Å². The van der Waals surface area contributed by atoms with Gasteiger partial charge in [0.25, 0.3) is 0 Å². The van der Waals surface area contributed by atoms with Crippen molar-refractivity contribution in [3.8, 4) is 5.75 Å². The van der Waals surface area contributed by atoms with Crippen molar-refractivity contribution in [1.29, 1.82) is 0 Å². The third kappa shape index (κ3) is 3.87. The number of ether oxygens (including phenoxy) is 1. The molecule has 17 heavy (non-hydrogen) atoms. The van der Waals surface area contributed by atoms with E-state index in [-0.39, 0.29) is 5.92 Å². The predicted molar refractivity (Wildman–Crippen MR) is 68.6 cm³/mol. The van der Waals surface area contributed by atoms with E-state index in [1.165, 1.54) is 0 Å². The molecule has 0 aliphatic heterocycles. The molecule has 0 aliphatic rings. The van der Waals surface area contributed by atoms with Crippen LogP contribution >= 0.6 is 11.6 Å². The average molecular weight is 259 g/mol. The van der Waals surface area contributed by atoms with Crippen LogP contribution in [-0.2, 0) is 6.42 Å². The lowest BCUT2D eigenvalue weighted by Crippen LogP contribution is -2.32. The van der Waals surface area contributed by atoms with Gasteiger partial charge in [-0.1, -0.05) is 25.4 Å². The zero-order valence-electron chi connectivity index (χ0n) is 10.4. The molecule has 2 N–H and O–H groups in total. The summed E-state index contributed by atoms with van der Waals surface area (Å²) in [5.74, 6) is 0.680. The molecular weight excluding hydrogens is 240 g/mol. The summed E-state index contributed by atoms with van der Waals surface area (Å²) >= 11 is 5.90. The summed E-state index contributed by atoms with van der Waals surface area (Å²) in [5.41, 5.74) is 0.798. The number of benzene rings is 1. The maximum atomic E-state index is 9.90. The van der Waals surface area contributed by atoms with E-state index in [1.54, 1.807) is 25.3 Å².